The van der Waals surface area contributed by atoms with Crippen molar-refractivity contribution in [1.82, 2.24) is 4.98 Å². The Balaban J connectivity index is 0.000000741. The molecule has 1 aromatic heterocycles. The molecule has 8 heteroatoms. The first kappa shape index (κ1) is 37.0. The molecule has 0 aliphatic heterocycles. The van der Waals surface area contributed by atoms with Gasteiger partial charge >= 0.3 is 0 Å². The largest absolute Gasteiger partial charge is 0.399 e. The average molecular weight is 605 g/mol. The molecule has 0 aliphatic rings. The van der Waals surface area contributed by atoms with Crippen LogP contribution in [0.3, 0.4) is 0 Å². The summed E-state index contributed by atoms with van der Waals surface area (Å²) in [5, 5.41) is 1.36. The van der Waals surface area contributed by atoms with Crippen LogP contribution in [0.15, 0.2) is 60.8 Å². The molecule has 0 saturated carbocycles. The lowest BCUT2D eigenvalue weighted by Crippen LogP contribution is -2.38. The molecular formula is C32H40Cl3N3O2. The van der Waals surface area contributed by atoms with Crippen LogP contribution in [-0.2, 0) is 16.0 Å². The number of hydrogen-bond donors (Lipinski definition) is 1. The summed E-state index contributed by atoms with van der Waals surface area (Å²) in [7, 11) is 0. The van der Waals surface area contributed by atoms with E-state index in [1.807, 2.05) is 39.8 Å². The summed E-state index contributed by atoms with van der Waals surface area (Å²) in [6.07, 6.45) is 5.15. The molecule has 0 spiro atoms. The second-order valence-corrected chi connectivity index (χ2v) is 9.50. The first-order valence-corrected chi connectivity index (χ1v) is 14.3. The molecule has 3 rings (SSSR count). The fraction of sp³-hybridized carbons (Fsp3) is 0.344. The molecule has 0 radical (unpaired) electrons. The van der Waals surface area contributed by atoms with Crippen molar-refractivity contribution in [2.75, 3.05) is 10.6 Å². The highest BCUT2D eigenvalue weighted by Gasteiger charge is 2.27. The van der Waals surface area contributed by atoms with E-state index in [0.717, 1.165) is 22.4 Å². The molecule has 5 nitrogen and oxygen atoms in total. The van der Waals surface area contributed by atoms with Gasteiger partial charge in [0.25, 0.3) is 0 Å². The Hall–Kier alpha value is -3.04. The standard InChI is InChI=1S/C17H16Cl2N2O2.C9H12ClN.C4H6.C2H6/c1-10(12-3-5-15(20)6-4-12)17(23)21(11(2)22)16-8-13(18)7-14(19)9-16;1-2-3-5-8-6-4-7-11-9(8)10;1-3-4-2;1-2/h3-10H,20H2,1-2H3;4,6-7H,2-3,5H2,1H3;1-2H3;1-2H3. The maximum absolute atomic E-state index is 12.8. The van der Waals surface area contributed by atoms with E-state index in [9.17, 15) is 9.59 Å². The molecule has 2 N–H and O–H groups in total. The predicted molar refractivity (Wildman–Crippen MR) is 172 cm³/mol. The number of pyridine rings is 1. The van der Waals surface area contributed by atoms with Crippen molar-refractivity contribution in [3.63, 3.8) is 0 Å². The highest BCUT2D eigenvalue weighted by molar-refractivity contribution is 6.35. The van der Waals surface area contributed by atoms with Crippen LogP contribution in [0.5, 0.6) is 0 Å². The van der Waals surface area contributed by atoms with E-state index >= 15 is 0 Å². The van der Waals surface area contributed by atoms with Gasteiger partial charge in [-0.05, 0) is 81.1 Å². The topological polar surface area (TPSA) is 76.3 Å². The fourth-order valence-corrected chi connectivity index (χ4v) is 3.95. The van der Waals surface area contributed by atoms with E-state index in [0.29, 0.717) is 26.6 Å². The number of anilines is 2. The number of halogens is 3. The molecule has 0 fully saturated rings. The average Bonchev–Trinajstić information content (AvgIpc) is 2.93. The lowest BCUT2D eigenvalue weighted by Gasteiger charge is -2.23. The lowest BCUT2D eigenvalue weighted by atomic mass is 9.99. The third-order valence-electron chi connectivity index (χ3n) is 5.33. The van der Waals surface area contributed by atoms with Crippen LogP contribution < -0.4 is 10.6 Å². The molecule has 216 valence electrons. The van der Waals surface area contributed by atoms with Gasteiger partial charge < -0.3 is 5.73 Å². The number of hydrogen-bond acceptors (Lipinski definition) is 4. The number of carbonyl (C=O) groups excluding carboxylic acids is 2. The minimum absolute atomic E-state index is 0.349. The second-order valence-electron chi connectivity index (χ2n) is 8.27. The number of aromatic nitrogens is 1. The van der Waals surface area contributed by atoms with Gasteiger partial charge in [-0.15, -0.1) is 11.8 Å². The Kier molecular flexibility index (Phi) is 19.2. The zero-order chi connectivity index (χ0) is 30.7. The SMILES string of the molecule is CC.CC#CC.CC(=O)N(C(=O)C(C)c1ccc(N)cc1)c1cc(Cl)cc(Cl)c1.CCCCc1cccnc1Cl. The van der Waals surface area contributed by atoms with E-state index < -0.39 is 11.8 Å². The van der Waals surface area contributed by atoms with Gasteiger partial charge in [0.1, 0.15) is 5.15 Å². The number of nitrogen functional groups attached to an aromatic ring is 1. The number of rotatable bonds is 6. The molecule has 3 aromatic rings. The van der Waals surface area contributed by atoms with Crippen molar-refractivity contribution in [3.05, 3.63) is 87.1 Å². The Bertz CT molecular complexity index is 1230. The van der Waals surface area contributed by atoms with Crippen LogP contribution in [0.2, 0.25) is 15.2 Å². The Labute approximate surface area is 255 Å². The number of nitrogens with two attached hydrogens (primary N) is 1. The summed E-state index contributed by atoms with van der Waals surface area (Å²) < 4.78 is 0. The van der Waals surface area contributed by atoms with Gasteiger partial charge in [-0.1, -0.05) is 80.2 Å². The van der Waals surface area contributed by atoms with Crippen LogP contribution in [0.25, 0.3) is 0 Å². The van der Waals surface area contributed by atoms with Crippen LogP contribution in [0.4, 0.5) is 11.4 Å². The molecular weight excluding hydrogens is 565 g/mol. The monoisotopic (exact) mass is 603 g/mol. The third-order valence-corrected chi connectivity index (χ3v) is 6.11. The highest BCUT2D eigenvalue weighted by atomic mass is 35.5. The molecule has 0 aliphatic carbocycles. The molecule has 1 heterocycles. The minimum atomic E-state index is -0.516. The first-order valence-electron chi connectivity index (χ1n) is 13.1. The smallest absolute Gasteiger partial charge is 0.241 e. The van der Waals surface area contributed by atoms with E-state index in [1.165, 1.54) is 31.9 Å². The van der Waals surface area contributed by atoms with Crippen LogP contribution in [-0.4, -0.2) is 16.8 Å². The maximum atomic E-state index is 12.8. The van der Waals surface area contributed by atoms with E-state index in [2.05, 4.69) is 23.7 Å². The second kappa shape index (κ2) is 20.8. The number of unbranched alkanes of at least 4 members (excludes halogenated alkanes) is 1. The molecule has 1 unspecified atom stereocenters. The molecule has 0 saturated heterocycles. The van der Waals surface area contributed by atoms with Gasteiger partial charge in [0, 0.05) is 28.9 Å². The number of nitrogens with zero attached hydrogens (tertiary/aromatic N) is 2. The maximum Gasteiger partial charge on any atom is 0.241 e. The summed E-state index contributed by atoms with van der Waals surface area (Å²) in [6, 6.07) is 15.5. The van der Waals surface area contributed by atoms with Crippen molar-refractivity contribution in [1.29, 1.82) is 0 Å². The summed E-state index contributed by atoms with van der Waals surface area (Å²) in [5.41, 5.74) is 8.55. The minimum Gasteiger partial charge on any atom is -0.399 e. The van der Waals surface area contributed by atoms with E-state index in [-0.39, 0.29) is 5.91 Å². The number of carbonyl (C=O) groups is 2. The number of imide groups is 1. The van der Waals surface area contributed by atoms with Gasteiger partial charge in [0.2, 0.25) is 11.8 Å². The Morgan fingerprint density at radius 1 is 0.975 bits per heavy atom. The summed E-state index contributed by atoms with van der Waals surface area (Å²) in [5.74, 6) is 4.08. The van der Waals surface area contributed by atoms with E-state index in [1.54, 1.807) is 43.5 Å². The zero-order valence-electron chi connectivity index (χ0n) is 24.4. The van der Waals surface area contributed by atoms with Crippen LogP contribution in [0, 0.1) is 11.8 Å². The summed E-state index contributed by atoms with van der Waals surface area (Å²) in [4.78, 5) is 29.9. The van der Waals surface area contributed by atoms with Crippen LogP contribution >= 0.6 is 34.8 Å². The lowest BCUT2D eigenvalue weighted by molar-refractivity contribution is -0.126. The van der Waals surface area contributed by atoms with Gasteiger partial charge in [-0.3, -0.25) is 14.5 Å². The van der Waals surface area contributed by atoms with Crippen molar-refractivity contribution >= 4 is 58.0 Å². The number of aryl methyl sites for hydroxylation is 1. The quantitative estimate of drug-likeness (QED) is 0.173. The van der Waals surface area contributed by atoms with Gasteiger partial charge in [0.05, 0.1) is 11.6 Å². The first-order chi connectivity index (χ1) is 19.0. The summed E-state index contributed by atoms with van der Waals surface area (Å²) >= 11 is 17.8. The third kappa shape index (κ3) is 13.3. The van der Waals surface area contributed by atoms with Gasteiger partial charge in [-0.2, -0.15) is 0 Å². The highest BCUT2D eigenvalue weighted by Crippen LogP contribution is 2.29. The molecule has 2 aromatic carbocycles. The molecule has 40 heavy (non-hydrogen) atoms. The van der Waals surface area contributed by atoms with Crippen molar-refractivity contribution in [3.8, 4) is 11.8 Å². The molecule has 2 amide bonds. The molecule has 1 atom stereocenters. The van der Waals surface area contributed by atoms with Crippen LogP contribution in [0.1, 0.15) is 78.4 Å². The van der Waals surface area contributed by atoms with Gasteiger partial charge in [-0.25, -0.2) is 4.98 Å². The van der Waals surface area contributed by atoms with Crippen molar-refractivity contribution in [2.45, 2.75) is 73.6 Å². The fourth-order valence-electron chi connectivity index (χ4n) is 3.23. The van der Waals surface area contributed by atoms with Crippen molar-refractivity contribution in [2.24, 2.45) is 0 Å². The van der Waals surface area contributed by atoms with Crippen molar-refractivity contribution < 1.29 is 9.59 Å². The number of benzene rings is 2. The normalized spacial score (nSPS) is 10.1. The van der Waals surface area contributed by atoms with E-state index in [4.69, 9.17) is 40.5 Å². The predicted octanol–water partition coefficient (Wildman–Crippen LogP) is 9.39. The zero-order valence-corrected chi connectivity index (χ0v) is 26.7. The van der Waals surface area contributed by atoms with Gasteiger partial charge in [0.15, 0.2) is 0 Å². The summed E-state index contributed by atoms with van der Waals surface area (Å²) in [6.45, 7) is 12.9. The Morgan fingerprint density at radius 2 is 1.52 bits per heavy atom. The number of amides is 2. The Morgan fingerprint density at radius 3 is 1.98 bits per heavy atom. The molecule has 0 bridgehead atoms.